The minimum atomic E-state index is -0.0512. The number of hydrogen-bond acceptors (Lipinski definition) is 3. The van der Waals surface area contributed by atoms with Crippen molar-refractivity contribution in [3.05, 3.63) is 90.5 Å². The van der Waals surface area contributed by atoms with Crippen LogP contribution in [-0.4, -0.2) is 15.9 Å². The van der Waals surface area contributed by atoms with Crippen molar-refractivity contribution < 1.29 is 4.79 Å². The lowest BCUT2D eigenvalue weighted by atomic mass is 10.1. The van der Waals surface area contributed by atoms with Gasteiger partial charge in [-0.25, -0.2) is 9.97 Å². The molecule has 0 saturated carbocycles. The summed E-state index contributed by atoms with van der Waals surface area (Å²) in [6.07, 6.45) is 0.340. The summed E-state index contributed by atoms with van der Waals surface area (Å²) in [4.78, 5) is 21.9. The minimum absolute atomic E-state index is 0.0512. The molecule has 1 heterocycles. The van der Waals surface area contributed by atoms with Gasteiger partial charge in [-0.3, -0.25) is 4.79 Å². The van der Waals surface area contributed by atoms with Gasteiger partial charge in [0.05, 0.1) is 28.5 Å². The van der Waals surface area contributed by atoms with Gasteiger partial charge in [-0.05, 0) is 35.2 Å². The van der Waals surface area contributed by atoms with Gasteiger partial charge < -0.3 is 5.32 Å². The number of amides is 1. The summed E-state index contributed by atoms with van der Waals surface area (Å²) in [5, 5.41) is 5.17. The zero-order chi connectivity index (χ0) is 18.9. The third-order valence-corrected chi connectivity index (χ3v) is 4.82. The summed E-state index contributed by atoms with van der Waals surface area (Å²) in [5.74, 6) is -0.0512. The average molecular weight is 363 g/mol. The maximum absolute atomic E-state index is 12.4. The van der Waals surface area contributed by atoms with Crippen LogP contribution in [0.5, 0.6) is 0 Å². The molecule has 1 N–H and O–H groups in total. The normalized spacial score (nSPS) is 11.1. The second-order valence-corrected chi connectivity index (χ2v) is 6.79. The monoisotopic (exact) mass is 363 g/mol. The van der Waals surface area contributed by atoms with E-state index < -0.39 is 0 Å². The molecule has 1 aromatic heterocycles. The Balaban J connectivity index is 1.51. The lowest BCUT2D eigenvalue weighted by Gasteiger charge is -2.08. The molecule has 0 aliphatic heterocycles. The highest BCUT2D eigenvalue weighted by molar-refractivity contribution is 6.06. The fourth-order valence-corrected chi connectivity index (χ4v) is 3.47. The predicted molar refractivity (Wildman–Crippen MR) is 113 cm³/mol. The fourth-order valence-electron chi connectivity index (χ4n) is 3.47. The SMILES string of the molecule is O=C(Cc1ccccc1)Nc1ccc2nc3ccc4ccccc4c3nc2c1. The first-order valence-electron chi connectivity index (χ1n) is 9.19. The third-order valence-electron chi connectivity index (χ3n) is 4.82. The summed E-state index contributed by atoms with van der Waals surface area (Å²) in [5.41, 5.74) is 5.02. The number of nitrogens with one attached hydrogen (secondary N) is 1. The molecule has 4 heteroatoms. The second kappa shape index (κ2) is 6.74. The zero-order valence-corrected chi connectivity index (χ0v) is 15.1. The fraction of sp³-hybridized carbons (Fsp3) is 0.0417. The molecule has 0 aliphatic carbocycles. The van der Waals surface area contributed by atoms with Gasteiger partial charge in [-0.15, -0.1) is 0 Å². The van der Waals surface area contributed by atoms with Crippen LogP contribution in [0.3, 0.4) is 0 Å². The van der Waals surface area contributed by atoms with Gasteiger partial charge in [0.15, 0.2) is 0 Å². The molecular weight excluding hydrogens is 346 g/mol. The van der Waals surface area contributed by atoms with E-state index in [-0.39, 0.29) is 5.91 Å². The van der Waals surface area contributed by atoms with Crippen molar-refractivity contribution in [1.29, 1.82) is 0 Å². The van der Waals surface area contributed by atoms with Crippen molar-refractivity contribution in [2.45, 2.75) is 6.42 Å². The number of carbonyl (C=O) groups is 1. The van der Waals surface area contributed by atoms with E-state index in [1.807, 2.05) is 66.7 Å². The first-order valence-corrected chi connectivity index (χ1v) is 9.19. The Hall–Kier alpha value is -3.79. The molecule has 28 heavy (non-hydrogen) atoms. The van der Waals surface area contributed by atoms with Crippen LogP contribution in [0, 0.1) is 0 Å². The Labute approximate surface area is 161 Å². The van der Waals surface area contributed by atoms with Crippen LogP contribution in [-0.2, 0) is 11.2 Å². The van der Waals surface area contributed by atoms with Crippen molar-refractivity contribution in [3.63, 3.8) is 0 Å². The van der Waals surface area contributed by atoms with E-state index in [1.54, 1.807) is 0 Å². The number of benzene rings is 4. The van der Waals surface area contributed by atoms with Crippen molar-refractivity contribution in [2.75, 3.05) is 5.32 Å². The van der Waals surface area contributed by atoms with Crippen LogP contribution in [0.25, 0.3) is 32.8 Å². The number of aromatic nitrogens is 2. The molecule has 0 radical (unpaired) electrons. The van der Waals surface area contributed by atoms with E-state index >= 15 is 0 Å². The van der Waals surface area contributed by atoms with Crippen LogP contribution in [0.1, 0.15) is 5.56 Å². The van der Waals surface area contributed by atoms with E-state index in [0.29, 0.717) is 6.42 Å². The topological polar surface area (TPSA) is 54.9 Å². The number of carbonyl (C=O) groups excluding carboxylic acids is 1. The Morgan fingerprint density at radius 2 is 1.54 bits per heavy atom. The summed E-state index contributed by atoms with van der Waals surface area (Å²) >= 11 is 0. The molecule has 0 bridgehead atoms. The molecule has 4 aromatic carbocycles. The molecular formula is C24H17N3O. The van der Waals surface area contributed by atoms with Crippen LogP contribution in [0.4, 0.5) is 5.69 Å². The summed E-state index contributed by atoms with van der Waals surface area (Å²) in [6, 6.07) is 27.6. The van der Waals surface area contributed by atoms with E-state index in [1.165, 1.54) is 0 Å². The van der Waals surface area contributed by atoms with Gasteiger partial charge in [0.2, 0.25) is 5.91 Å². The summed E-state index contributed by atoms with van der Waals surface area (Å²) in [6.45, 7) is 0. The van der Waals surface area contributed by atoms with Crippen LogP contribution in [0.15, 0.2) is 84.9 Å². The predicted octanol–water partition coefficient (Wildman–Crippen LogP) is 5.12. The minimum Gasteiger partial charge on any atom is -0.326 e. The molecule has 5 rings (SSSR count). The molecule has 134 valence electrons. The van der Waals surface area contributed by atoms with Crippen molar-refractivity contribution in [3.8, 4) is 0 Å². The average Bonchev–Trinajstić information content (AvgIpc) is 2.73. The van der Waals surface area contributed by atoms with Crippen molar-refractivity contribution >= 4 is 44.4 Å². The molecule has 0 unspecified atom stereocenters. The van der Waals surface area contributed by atoms with Crippen molar-refractivity contribution in [2.24, 2.45) is 0 Å². The van der Waals surface area contributed by atoms with Gasteiger partial charge >= 0.3 is 0 Å². The number of fused-ring (bicyclic) bond motifs is 4. The first kappa shape index (κ1) is 16.4. The maximum Gasteiger partial charge on any atom is 0.228 e. The second-order valence-electron chi connectivity index (χ2n) is 6.79. The quantitative estimate of drug-likeness (QED) is 0.358. The van der Waals surface area contributed by atoms with Crippen molar-refractivity contribution in [1.82, 2.24) is 9.97 Å². The smallest absolute Gasteiger partial charge is 0.228 e. The van der Waals surface area contributed by atoms with Crippen LogP contribution >= 0.6 is 0 Å². The highest BCUT2D eigenvalue weighted by Gasteiger charge is 2.08. The molecule has 0 aliphatic rings. The molecule has 5 aromatic rings. The number of anilines is 1. The third kappa shape index (κ3) is 3.05. The molecule has 0 spiro atoms. The molecule has 0 atom stereocenters. The summed E-state index contributed by atoms with van der Waals surface area (Å²) < 4.78 is 0. The van der Waals surface area contributed by atoms with Gasteiger partial charge in [-0.1, -0.05) is 60.7 Å². The number of nitrogens with zero attached hydrogens (tertiary/aromatic N) is 2. The van der Waals surface area contributed by atoms with Gasteiger partial charge in [0, 0.05) is 11.1 Å². The molecule has 4 nitrogen and oxygen atoms in total. The van der Waals surface area contributed by atoms with Crippen LogP contribution in [0.2, 0.25) is 0 Å². The summed E-state index contributed by atoms with van der Waals surface area (Å²) in [7, 11) is 0. The molecule has 0 fully saturated rings. The molecule has 0 saturated heterocycles. The largest absolute Gasteiger partial charge is 0.326 e. The van der Waals surface area contributed by atoms with E-state index in [9.17, 15) is 4.79 Å². The Morgan fingerprint density at radius 1 is 0.750 bits per heavy atom. The van der Waals surface area contributed by atoms with Gasteiger partial charge in [0.25, 0.3) is 0 Å². The lowest BCUT2D eigenvalue weighted by molar-refractivity contribution is -0.115. The Bertz CT molecular complexity index is 1330. The standard InChI is InChI=1S/C24H17N3O/c28-23(14-16-6-2-1-3-7-16)25-18-11-13-20-22(15-18)27-24-19-9-5-4-8-17(19)10-12-21(24)26-20/h1-13,15H,14H2,(H,25,28). The highest BCUT2D eigenvalue weighted by atomic mass is 16.1. The molecule has 1 amide bonds. The van der Waals surface area contributed by atoms with E-state index in [4.69, 9.17) is 9.97 Å². The number of rotatable bonds is 3. The van der Waals surface area contributed by atoms with Crippen LogP contribution < -0.4 is 5.32 Å². The zero-order valence-electron chi connectivity index (χ0n) is 15.1. The Morgan fingerprint density at radius 3 is 2.43 bits per heavy atom. The van der Waals surface area contributed by atoms with E-state index in [2.05, 4.69) is 23.5 Å². The Kier molecular flexibility index (Phi) is 3.95. The van der Waals surface area contributed by atoms with E-state index in [0.717, 1.165) is 44.1 Å². The lowest BCUT2D eigenvalue weighted by Crippen LogP contribution is -2.14. The highest BCUT2D eigenvalue weighted by Crippen LogP contribution is 2.26. The van der Waals surface area contributed by atoms with Gasteiger partial charge in [-0.2, -0.15) is 0 Å². The van der Waals surface area contributed by atoms with Gasteiger partial charge in [0.1, 0.15) is 0 Å². The maximum atomic E-state index is 12.4. The number of hydrogen-bond donors (Lipinski definition) is 1. The first-order chi connectivity index (χ1) is 13.8.